The van der Waals surface area contributed by atoms with Crippen LogP contribution in [0.5, 0.6) is 0 Å². The van der Waals surface area contributed by atoms with E-state index in [1.54, 1.807) is 21.5 Å². The summed E-state index contributed by atoms with van der Waals surface area (Å²) in [4.78, 5) is 24.8. The van der Waals surface area contributed by atoms with Crippen molar-refractivity contribution in [2.75, 3.05) is 0 Å². The van der Waals surface area contributed by atoms with Crippen LogP contribution in [0.1, 0.15) is 39.6 Å². The van der Waals surface area contributed by atoms with E-state index in [9.17, 15) is 14.0 Å². The van der Waals surface area contributed by atoms with Crippen molar-refractivity contribution in [3.63, 3.8) is 0 Å². The first kappa shape index (κ1) is 18.9. The highest BCUT2D eigenvalue weighted by Crippen LogP contribution is 2.27. The summed E-state index contributed by atoms with van der Waals surface area (Å²) in [6.07, 6.45) is 2.44. The molecular formula is C20H21FN6O2. The average Bonchev–Trinajstić information content (AvgIpc) is 3.36. The van der Waals surface area contributed by atoms with E-state index in [2.05, 4.69) is 21.0 Å². The van der Waals surface area contributed by atoms with Gasteiger partial charge in [-0.25, -0.2) is 9.07 Å². The highest BCUT2D eigenvalue weighted by Gasteiger charge is 2.27. The molecule has 0 spiro atoms. The van der Waals surface area contributed by atoms with Crippen molar-refractivity contribution in [2.45, 2.75) is 39.7 Å². The number of hydrogen-bond donors (Lipinski definition) is 2. The van der Waals surface area contributed by atoms with E-state index in [1.165, 1.54) is 12.1 Å². The second-order valence-corrected chi connectivity index (χ2v) is 7.10. The number of carbonyl (C=O) groups is 2. The fourth-order valence-electron chi connectivity index (χ4n) is 3.61. The molecule has 150 valence electrons. The maximum atomic E-state index is 13.2. The highest BCUT2D eigenvalue weighted by molar-refractivity contribution is 5.95. The van der Waals surface area contributed by atoms with Crippen LogP contribution in [-0.2, 0) is 24.2 Å². The van der Waals surface area contributed by atoms with Gasteiger partial charge in [-0.1, -0.05) is 0 Å². The fourth-order valence-corrected chi connectivity index (χ4v) is 3.61. The molecule has 0 atom stereocenters. The number of amides is 2. The fraction of sp³-hybridized carbons (Fsp3) is 0.300. The Labute approximate surface area is 166 Å². The first-order valence-electron chi connectivity index (χ1n) is 9.39. The molecule has 8 nitrogen and oxygen atoms in total. The summed E-state index contributed by atoms with van der Waals surface area (Å²) in [5.41, 5.74) is 9.29. The van der Waals surface area contributed by atoms with Gasteiger partial charge in [0.2, 0.25) is 0 Å². The lowest BCUT2D eigenvalue weighted by atomic mass is 10.2. The van der Waals surface area contributed by atoms with Gasteiger partial charge in [0.1, 0.15) is 12.4 Å². The summed E-state index contributed by atoms with van der Waals surface area (Å²) in [6.45, 7) is 3.71. The van der Waals surface area contributed by atoms with E-state index >= 15 is 0 Å². The van der Waals surface area contributed by atoms with Crippen LogP contribution in [-0.4, -0.2) is 31.4 Å². The van der Waals surface area contributed by atoms with Crippen LogP contribution in [0.15, 0.2) is 30.3 Å². The molecule has 0 fully saturated rings. The van der Waals surface area contributed by atoms with E-state index in [-0.39, 0.29) is 24.0 Å². The number of aromatic nitrogens is 4. The van der Waals surface area contributed by atoms with Crippen molar-refractivity contribution in [3.05, 3.63) is 64.5 Å². The normalized spacial score (nSPS) is 12.7. The molecule has 2 amide bonds. The molecule has 29 heavy (non-hydrogen) atoms. The monoisotopic (exact) mass is 396 g/mol. The van der Waals surface area contributed by atoms with Gasteiger partial charge in [0.25, 0.3) is 11.8 Å². The number of nitrogens with zero attached hydrogens (tertiary/aromatic N) is 4. The van der Waals surface area contributed by atoms with Crippen LogP contribution >= 0.6 is 0 Å². The quantitative estimate of drug-likeness (QED) is 0.658. The lowest BCUT2D eigenvalue weighted by molar-refractivity contribution is -0.122. The number of hydrogen-bond acceptors (Lipinski definition) is 4. The Hall–Kier alpha value is -3.49. The number of halogens is 1. The first-order chi connectivity index (χ1) is 13.9. The molecule has 2 aromatic heterocycles. The largest absolute Gasteiger partial charge is 0.290 e. The lowest BCUT2D eigenvalue weighted by Crippen LogP contribution is -2.43. The summed E-state index contributed by atoms with van der Waals surface area (Å²) < 4.78 is 16.5. The Kier molecular flexibility index (Phi) is 4.87. The molecule has 9 heteroatoms. The van der Waals surface area contributed by atoms with E-state index in [0.717, 1.165) is 41.9 Å². The topological polar surface area (TPSA) is 93.8 Å². The Morgan fingerprint density at radius 3 is 2.55 bits per heavy atom. The molecule has 0 aliphatic heterocycles. The Balaban J connectivity index is 1.48. The molecule has 0 saturated heterocycles. The van der Waals surface area contributed by atoms with E-state index in [0.29, 0.717) is 5.69 Å². The van der Waals surface area contributed by atoms with E-state index < -0.39 is 5.91 Å². The molecule has 1 aromatic carbocycles. The number of rotatable bonds is 4. The Morgan fingerprint density at radius 1 is 1.10 bits per heavy atom. The zero-order chi connectivity index (χ0) is 20.5. The van der Waals surface area contributed by atoms with Gasteiger partial charge < -0.3 is 0 Å². The van der Waals surface area contributed by atoms with Crippen LogP contribution in [0, 0.1) is 19.7 Å². The second-order valence-electron chi connectivity index (χ2n) is 7.10. The molecular weight excluding hydrogens is 375 g/mol. The van der Waals surface area contributed by atoms with Crippen molar-refractivity contribution in [1.82, 2.24) is 30.4 Å². The standard InChI is InChI=1S/C20H21FN6O2/c1-12-10-13(2)26(24-12)11-18(28)22-23-20(29)19-16-4-3-5-17(16)27(25-19)15-8-6-14(21)7-9-15/h6-10H,3-5,11H2,1-2H3,(H,22,28)(H,23,29). The summed E-state index contributed by atoms with van der Waals surface area (Å²) >= 11 is 0. The summed E-state index contributed by atoms with van der Waals surface area (Å²) in [5, 5.41) is 8.65. The average molecular weight is 396 g/mol. The third-order valence-electron chi connectivity index (χ3n) is 4.93. The zero-order valence-electron chi connectivity index (χ0n) is 16.2. The van der Waals surface area contributed by atoms with Gasteiger partial charge in [0, 0.05) is 17.0 Å². The minimum absolute atomic E-state index is 0.00206. The Bertz CT molecular complexity index is 1080. The number of benzene rings is 1. The molecule has 1 aliphatic carbocycles. The van der Waals surface area contributed by atoms with E-state index in [1.807, 2.05) is 19.9 Å². The van der Waals surface area contributed by atoms with Gasteiger partial charge in [-0.2, -0.15) is 10.2 Å². The van der Waals surface area contributed by atoms with Gasteiger partial charge >= 0.3 is 0 Å². The maximum absolute atomic E-state index is 13.2. The van der Waals surface area contributed by atoms with Crippen LogP contribution < -0.4 is 10.9 Å². The molecule has 1 aliphatic rings. The SMILES string of the molecule is Cc1cc(C)n(CC(=O)NNC(=O)c2nn(-c3ccc(F)cc3)c3c2CCC3)n1. The number of carbonyl (C=O) groups excluding carboxylic acids is 2. The van der Waals surface area contributed by atoms with Crippen LogP contribution in [0.25, 0.3) is 5.69 Å². The molecule has 4 rings (SSSR count). The third-order valence-corrected chi connectivity index (χ3v) is 4.93. The number of fused-ring (bicyclic) bond motifs is 1. The van der Waals surface area contributed by atoms with Crippen molar-refractivity contribution in [1.29, 1.82) is 0 Å². The molecule has 2 heterocycles. The molecule has 0 saturated carbocycles. The second kappa shape index (κ2) is 7.50. The summed E-state index contributed by atoms with van der Waals surface area (Å²) in [6, 6.07) is 7.84. The predicted octanol–water partition coefficient (Wildman–Crippen LogP) is 1.77. The van der Waals surface area contributed by atoms with Gasteiger partial charge in [0.05, 0.1) is 11.4 Å². The molecule has 0 bridgehead atoms. The molecule has 3 aromatic rings. The van der Waals surface area contributed by atoms with Crippen LogP contribution in [0.2, 0.25) is 0 Å². The van der Waals surface area contributed by atoms with Crippen LogP contribution in [0.3, 0.4) is 0 Å². The number of hydrazine groups is 1. The third kappa shape index (κ3) is 3.75. The summed E-state index contributed by atoms with van der Waals surface area (Å²) in [5.74, 6) is -1.20. The van der Waals surface area contributed by atoms with Crippen molar-refractivity contribution in [2.24, 2.45) is 0 Å². The van der Waals surface area contributed by atoms with E-state index in [4.69, 9.17) is 0 Å². The first-order valence-corrected chi connectivity index (χ1v) is 9.39. The van der Waals surface area contributed by atoms with Gasteiger partial charge in [-0.05, 0) is 63.4 Å². The summed E-state index contributed by atoms with van der Waals surface area (Å²) in [7, 11) is 0. The van der Waals surface area contributed by atoms with Gasteiger partial charge in [0.15, 0.2) is 5.69 Å². The van der Waals surface area contributed by atoms with Gasteiger partial charge in [-0.3, -0.25) is 25.1 Å². The Morgan fingerprint density at radius 2 is 1.86 bits per heavy atom. The van der Waals surface area contributed by atoms with Crippen molar-refractivity contribution in [3.8, 4) is 5.69 Å². The predicted molar refractivity (Wildman–Crippen MR) is 103 cm³/mol. The molecule has 0 unspecified atom stereocenters. The zero-order valence-corrected chi connectivity index (χ0v) is 16.2. The lowest BCUT2D eigenvalue weighted by Gasteiger charge is -2.08. The number of aryl methyl sites for hydroxylation is 2. The minimum Gasteiger partial charge on any atom is -0.271 e. The van der Waals surface area contributed by atoms with Crippen molar-refractivity contribution >= 4 is 11.8 Å². The minimum atomic E-state index is -0.481. The molecule has 0 radical (unpaired) electrons. The maximum Gasteiger partial charge on any atom is 0.290 e. The van der Waals surface area contributed by atoms with Gasteiger partial charge in [-0.15, -0.1) is 0 Å². The highest BCUT2D eigenvalue weighted by atomic mass is 19.1. The van der Waals surface area contributed by atoms with Crippen LogP contribution in [0.4, 0.5) is 4.39 Å². The number of nitrogens with one attached hydrogen (secondary N) is 2. The van der Waals surface area contributed by atoms with Crippen molar-refractivity contribution < 1.29 is 14.0 Å². The smallest absolute Gasteiger partial charge is 0.271 e. The molecule has 2 N–H and O–H groups in total.